The summed E-state index contributed by atoms with van der Waals surface area (Å²) in [5.74, 6) is 0.326. The Morgan fingerprint density at radius 3 is 2.63 bits per heavy atom. The highest BCUT2D eigenvalue weighted by atomic mass is 16.2. The van der Waals surface area contributed by atoms with Crippen molar-refractivity contribution in [1.29, 1.82) is 0 Å². The lowest BCUT2D eigenvalue weighted by Gasteiger charge is -2.40. The Kier molecular flexibility index (Phi) is 3.75. The van der Waals surface area contributed by atoms with Crippen LogP contribution in [0.15, 0.2) is 9.59 Å². The van der Waals surface area contributed by atoms with Crippen molar-refractivity contribution in [3.8, 4) is 0 Å². The first kappa shape index (κ1) is 13.8. The number of anilines is 1. The summed E-state index contributed by atoms with van der Waals surface area (Å²) >= 11 is 0. The van der Waals surface area contributed by atoms with Crippen molar-refractivity contribution < 1.29 is 0 Å². The van der Waals surface area contributed by atoms with E-state index in [1.54, 1.807) is 7.05 Å². The number of aryl methyl sites for hydroxylation is 1. The summed E-state index contributed by atoms with van der Waals surface area (Å²) in [6, 6.07) is 0.321. The lowest BCUT2D eigenvalue weighted by atomic mass is 9.96. The van der Waals surface area contributed by atoms with Crippen molar-refractivity contribution in [1.82, 2.24) is 14.3 Å². The Morgan fingerprint density at radius 2 is 2.00 bits per heavy atom. The molecule has 1 saturated heterocycles. The fourth-order valence-corrected chi connectivity index (χ4v) is 2.74. The minimum atomic E-state index is -0.414. The Hall–Kier alpha value is -1.63. The van der Waals surface area contributed by atoms with Crippen molar-refractivity contribution in [3.05, 3.63) is 20.8 Å². The second-order valence-electron chi connectivity index (χ2n) is 5.17. The molecule has 2 N–H and O–H groups in total. The van der Waals surface area contributed by atoms with Gasteiger partial charge in [-0.2, -0.15) is 0 Å². The average molecular weight is 267 g/mol. The molecule has 2 rings (SSSR count). The van der Waals surface area contributed by atoms with E-state index in [1.165, 1.54) is 11.7 Å². The molecule has 0 spiro atoms. The van der Waals surface area contributed by atoms with E-state index in [9.17, 15) is 9.59 Å². The van der Waals surface area contributed by atoms with Crippen LogP contribution < -0.4 is 21.9 Å². The molecule has 0 aliphatic carbocycles. The number of piperidine rings is 1. The molecule has 1 aromatic heterocycles. The van der Waals surface area contributed by atoms with Crippen molar-refractivity contribution in [3.63, 3.8) is 0 Å². The first-order chi connectivity index (χ1) is 8.97. The molecule has 19 heavy (non-hydrogen) atoms. The van der Waals surface area contributed by atoms with Gasteiger partial charge in [0.2, 0.25) is 5.82 Å². The average Bonchev–Trinajstić information content (AvgIpc) is 2.40. The third-order valence-electron chi connectivity index (χ3n) is 3.85. The monoisotopic (exact) mass is 267 g/mol. The van der Waals surface area contributed by atoms with E-state index in [-0.39, 0.29) is 17.6 Å². The van der Waals surface area contributed by atoms with E-state index in [4.69, 9.17) is 5.73 Å². The Morgan fingerprint density at radius 1 is 1.32 bits per heavy atom. The van der Waals surface area contributed by atoms with Crippen molar-refractivity contribution in [2.45, 2.75) is 38.3 Å². The summed E-state index contributed by atoms with van der Waals surface area (Å²) in [6.45, 7) is 2.55. The number of nitrogens with zero attached hydrogens (tertiary/aromatic N) is 4. The van der Waals surface area contributed by atoms with Crippen molar-refractivity contribution in [2.24, 2.45) is 19.8 Å². The third kappa shape index (κ3) is 2.30. The molecular weight excluding hydrogens is 246 g/mol. The number of hydrogen-bond donors (Lipinski definition) is 1. The summed E-state index contributed by atoms with van der Waals surface area (Å²) in [7, 11) is 3.03. The highest BCUT2D eigenvalue weighted by Crippen LogP contribution is 2.24. The molecule has 1 aliphatic heterocycles. The summed E-state index contributed by atoms with van der Waals surface area (Å²) in [6.07, 6.45) is 3.06. The number of rotatable bonds is 2. The molecule has 2 atom stereocenters. The summed E-state index contributed by atoms with van der Waals surface area (Å²) in [5, 5.41) is 4.15. The Bertz CT molecular complexity index is 576. The van der Waals surface area contributed by atoms with Crippen LogP contribution in [0.4, 0.5) is 5.82 Å². The van der Waals surface area contributed by atoms with Gasteiger partial charge in [0.15, 0.2) is 0 Å². The van der Waals surface area contributed by atoms with Crippen LogP contribution in [0.25, 0.3) is 0 Å². The predicted molar refractivity (Wildman–Crippen MR) is 73.4 cm³/mol. The van der Waals surface area contributed by atoms with Gasteiger partial charge in [-0.25, -0.2) is 9.48 Å². The zero-order valence-corrected chi connectivity index (χ0v) is 11.7. The van der Waals surface area contributed by atoms with Crippen LogP contribution >= 0.6 is 0 Å². The molecule has 0 saturated carbocycles. The molecule has 0 aromatic carbocycles. The van der Waals surface area contributed by atoms with Crippen LogP contribution in [0.2, 0.25) is 0 Å². The minimum absolute atomic E-state index is 0.112. The zero-order valence-electron chi connectivity index (χ0n) is 11.7. The summed E-state index contributed by atoms with van der Waals surface area (Å²) < 4.78 is 2.29. The summed E-state index contributed by atoms with van der Waals surface area (Å²) in [4.78, 5) is 25.9. The molecule has 0 radical (unpaired) electrons. The standard InChI is InChI=1S/C12H21N5O2/c1-8-5-4-6-9(7-13)17(8)10-11(18)15(2)12(19)16(3)14-10/h8-9H,4-7,13H2,1-3H3. The normalized spacial score (nSPS) is 23.7. The second-order valence-corrected chi connectivity index (χ2v) is 5.17. The molecular formula is C12H21N5O2. The Balaban J connectivity index is 2.56. The van der Waals surface area contributed by atoms with Crippen LogP contribution in [-0.4, -0.2) is 33.0 Å². The molecule has 2 heterocycles. The topological polar surface area (TPSA) is 86.2 Å². The summed E-state index contributed by atoms with van der Waals surface area (Å²) in [5.41, 5.74) is 5.04. The van der Waals surface area contributed by atoms with Gasteiger partial charge in [0.1, 0.15) is 0 Å². The van der Waals surface area contributed by atoms with Crippen LogP contribution in [0.1, 0.15) is 26.2 Å². The first-order valence-electron chi connectivity index (χ1n) is 6.60. The largest absolute Gasteiger partial charge is 0.346 e. The maximum Gasteiger partial charge on any atom is 0.346 e. The molecule has 7 heteroatoms. The van der Waals surface area contributed by atoms with E-state index >= 15 is 0 Å². The molecule has 106 valence electrons. The molecule has 2 unspecified atom stereocenters. The predicted octanol–water partition coefficient (Wildman–Crippen LogP) is -0.815. The van der Waals surface area contributed by atoms with E-state index in [1.807, 2.05) is 4.90 Å². The fraction of sp³-hybridized carbons (Fsp3) is 0.750. The van der Waals surface area contributed by atoms with Gasteiger partial charge >= 0.3 is 5.69 Å². The molecule has 1 aromatic rings. The number of hydrogen-bond acceptors (Lipinski definition) is 5. The minimum Gasteiger partial charge on any atom is -0.344 e. The van der Waals surface area contributed by atoms with E-state index in [2.05, 4.69) is 12.0 Å². The van der Waals surface area contributed by atoms with E-state index in [0.717, 1.165) is 23.8 Å². The van der Waals surface area contributed by atoms with Gasteiger partial charge in [0.25, 0.3) is 5.56 Å². The van der Waals surface area contributed by atoms with Gasteiger partial charge < -0.3 is 10.6 Å². The van der Waals surface area contributed by atoms with Gasteiger partial charge in [0, 0.05) is 32.7 Å². The molecule has 7 nitrogen and oxygen atoms in total. The van der Waals surface area contributed by atoms with Gasteiger partial charge in [-0.3, -0.25) is 9.36 Å². The van der Waals surface area contributed by atoms with Gasteiger partial charge in [0.05, 0.1) is 0 Å². The van der Waals surface area contributed by atoms with E-state index < -0.39 is 5.69 Å². The SMILES string of the molecule is CC1CCCC(CN)N1c1nn(C)c(=O)n(C)c1=O. The smallest absolute Gasteiger partial charge is 0.344 e. The third-order valence-corrected chi connectivity index (χ3v) is 3.85. The van der Waals surface area contributed by atoms with Gasteiger partial charge in [-0.05, 0) is 26.2 Å². The molecule has 1 aliphatic rings. The molecule has 0 bridgehead atoms. The maximum atomic E-state index is 12.3. The van der Waals surface area contributed by atoms with Crippen LogP contribution in [0, 0.1) is 0 Å². The number of nitrogens with two attached hydrogens (primary N) is 1. The van der Waals surface area contributed by atoms with E-state index in [0.29, 0.717) is 12.4 Å². The Labute approximate surface area is 111 Å². The fourth-order valence-electron chi connectivity index (χ4n) is 2.74. The van der Waals surface area contributed by atoms with Crippen molar-refractivity contribution in [2.75, 3.05) is 11.4 Å². The lowest BCUT2D eigenvalue weighted by molar-refractivity contribution is 0.390. The first-order valence-corrected chi connectivity index (χ1v) is 6.60. The number of aromatic nitrogens is 3. The lowest BCUT2D eigenvalue weighted by Crippen LogP contribution is -2.53. The second kappa shape index (κ2) is 5.16. The van der Waals surface area contributed by atoms with Gasteiger partial charge in [-0.1, -0.05) is 0 Å². The van der Waals surface area contributed by atoms with Crippen LogP contribution in [0.3, 0.4) is 0 Å². The quantitative estimate of drug-likeness (QED) is 0.757. The molecule has 1 fully saturated rings. The molecule has 0 amide bonds. The van der Waals surface area contributed by atoms with Crippen LogP contribution in [-0.2, 0) is 14.1 Å². The highest BCUT2D eigenvalue weighted by Gasteiger charge is 2.30. The maximum absolute atomic E-state index is 12.3. The van der Waals surface area contributed by atoms with Crippen LogP contribution in [0.5, 0.6) is 0 Å². The van der Waals surface area contributed by atoms with Gasteiger partial charge in [-0.15, -0.1) is 5.10 Å². The zero-order chi connectivity index (χ0) is 14.2. The highest BCUT2D eigenvalue weighted by molar-refractivity contribution is 5.38. The van der Waals surface area contributed by atoms with Crippen molar-refractivity contribution >= 4 is 5.82 Å².